The number of halogens is 4. The summed E-state index contributed by atoms with van der Waals surface area (Å²) in [5, 5.41) is 2.62. The van der Waals surface area contributed by atoms with Gasteiger partial charge in [0.05, 0.1) is 17.2 Å². The quantitative estimate of drug-likeness (QED) is 0.651. The van der Waals surface area contributed by atoms with Crippen LogP contribution in [0.15, 0.2) is 18.2 Å². The molecule has 116 valence electrons. The van der Waals surface area contributed by atoms with Gasteiger partial charge in [0, 0.05) is 6.04 Å². The first-order valence-corrected chi connectivity index (χ1v) is 6.70. The first kappa shape index (κ1) is 15.6. The van der Waals surface area contributed by atoms with E-state index >= 15 is 0 Å². The standard InChI is InChI=1S/C14H16F4N2O/c15-11-3-1-2-10(12(11)19)13(21)20-9-6-4-8(5-7-9)14(16,17)18/h1-3,8-9H,4-7,19H2,(H,20,21). The van der Waals surface area contributed by atoms with Crippen molar-refractivity contribution in [2.75, 3.05) is 5.73 Å². The topological polar surface area (TPSA) is 55.1 Å². The molecule has 0 unspecified atom stereocenters. The molecule has 1 aromatic carbocycles. The Morgan fingerprint density at radius 3 is 2.38 bits per heavy atom. The number of carbonyl (C=O) groups is 1. The Kier molecular flexibility index (Phi) is 4.39. The number of rotatable bonds is 2. The van der Waals surface area contributed by atoms with Gasteiger partial charge in [-0.15, -0.1) is 0 Å². The van der Waals surface area contributed by atoms with E-state index in [1.165, 1.54) is 12.1 Å². The summed E-state index contributed by atoms with van der Waals surface area (Å²) < 4.78 is 50.9. The Morgan fingerprint density at radius 2 is 1.81 bits per heavy atom. The van der Waals surface area contributed by atoms with Crippen LogP contribution in [0.3, 0.4) is 0 Å². The fourth-order valence-electron chi connectivity index (χ4n) is 2.56. The third-order valence-electron chi connectivity index (χ3n) is 3.82. The van der Waals surface area contributed by atoms with Crippen LogP contribution < -0.4 is 11.1 Å². The molecule has 3 nitrogen and oxygen atoms in total. The van der Waals surface area contributed by atoms with Crippen molar-refractivity contribution in [1.29, 1.82) is 0 Å². The molecule has 0 heterocycles. The molecule has 0 spiro atoms. The van der Waals surface area contributed by atoms with E-state index in [1.807, 2.05) is 0 Å². The Bertz CT molecular complexity index is 522. The number of amides is 1. The number of anilines is 1. The van der Waals surface area contributed by atoms with E-state index in [9.17, 15) is 22.4 Å². The van der Waals surface area contributed by atoms with Crippen molar-refractivity contribution in [2.24, 2.45) is 5.92 Å². The molecular formula is C14H16F4N2O. The van der Waals surface area contributed by atoms with Gasteiger partial charge >= 0.3 is 6.18 Å². The molecule has 2 rings (SSSR count). The Balaban J connectivity index is 1.95. The summed E-state index contributed by atoms with van der Waals surface area (Å²) >= 11 is 0. The second kappa shape index (κ2) is 5.91. The number of nitrogens with two attached hydrogens (primary N) is 1. The first-order valence-electron chi connectivity index (χ1n) is 6.70. The molecule has 1 saturated carbocycles. The number of nitrogen functional groups attached to an aromatic ring is 1. The molecule has 1 aliphatic carbocycles. The number of carbonyl (C=O) groups excluding carboxylic acids is 1. The molecule has 7 heteroatoms. The summed E-state index contributed by atoms with van der Waals surface area (Å²) in [5.41, 5.74) is 5.24. The molecule has 0 aliphatic heterocycles. The summed E-state index contributed by atoms with van der Waals surface area (Å²) in [6.07, 6.45) is -3.68. The van der Waals surface area contributed by atoms with Crippen molar-refractivity contribution in [3.63, 3.8) is 0 Å². The van der Waals surface area contributed by atoms with E-state index in [4.69, 9.17) is 5.73 Å². The van der Waals surface area contributed by atoms with Gasteiger partial charge in [-0.1, -0.05) is 6.07 Å². The van der Waals surface area contributed by atoms with Crippen LogP contribution in [0, 0.1) is 11.7 Å². The van der Waals surface area contributed by atoms with Crippen LogP contribution in [-0.2, 0) is 0 Å². The average Bonchev–Trinajstić information content (AvgIpc) is 2.41. The molecule has 1 fully saturated rings. The lowest BCUT2D eigenvalue weighted by atomic mass is 9.85. The number of nitrogens with one attached hydrogen (secondary N) is 1. The smallest absolute Gasteiger partial charge is 0.391 e. The highest BCUT2D eigenvalue weighted by atomic mass is 19.4. The van der Waals surface area contributed by atoms with E-state index in [0.717, 1.165) is 6.07 Å². The molecule has 3 N–H and O–H groups in total. The number of alkyl halides is 3. The van der Waals surface area contributed by atoms with Crippen LogP contribution in [0.4, 0.5) is 23.2 Å². The number of hydrogen-bond acceptors (Lipinski definition) is 2. The van der Waals surface area contributed by atoms with E-state index < -0.39 is 23.8 Å². The van der Waals surface area contributed by atoms with Gasteiger partial charge < -0.3 is 11.1 Å². The largest absolute Gasteiger partial charge is 0.396 e. The average molecular weight is 304 g/mol. The fourth-order valence-corrected chi connectivity index (χ4v) is 2.56. The Hall–Kier alpha value is -1.79. The predicted molar refractivity (Wildman–Crippen MR) is 70.1 cm³/mol. The van der Waals surface area contributed by atoms with Gasteiger partial charge in [0.1, 0.15) is 5.82 Å². The zero-order valence-corrected chi connectivity index (χ0v) is 11.2. The van der Waals surface area contributed by atoms with Crippen LogP contribution in [-0.4, -0.2) is 18.1 Å². The van der Waals surface area contributed by atoms with Gasteiger partial charge in [0.2, 0.25) is 0 Å². The van der Waals surface area contributed by atoms with E-state index in [-0.39, 0.29) is 43.0 Å². The normalized spacial score (nSPS) is 22.9. The highest BCUT2D eigenvalue weighted by molar-refractivity contribution is 5.99. The predicted octanol–water partition coefficient (Wildman–Crippen LogP) is 3.26. The van der Waals surface area contributed by atoms with Crippen molar-refractivity contribution in [1.82, 2.24) is 5.32 Å². The van der Waals surface area contributed by atoms with Crippen molar-refractivity contribution in [3.8, 4) is 0 Å². The molecule has 21 heavy (non-hydrogen) atoms. The lowest BCUT2D eigenvalue weighted by Gasteiger charge is -2.30. The van der Waals surface area contributed by atoms with E-state index in [0.29, 0.717) is 0 Å². The second-order valence-corrected chi connectivity index (χ2v) is 5.26. The monoisotopic (exact) mass is 304 g/mol. The van der Waals surface area contributed by atoms with Crippen molar-refractivity contribution in [3.05, 3.63) is 29.6 Å². The maximum atomic E-state index is 13.3. The van der Waals surface area contributed by atoms with E-state index in [1.54, 1.807) is 0 Å². The van der Waals surface area contributed by atoms with Crippen LogP contribution in [0.5, 0.6) is 0 Å². The van der Waals surface area contributed by atoms with Gasteiger partial charge in [-0.2, -0.15) is 13.2 Å². The summed E-state index contributed by atoms with van der Waals surface area (Å²) in [6, 6.07) is 3.55. The number of para-hydroxylation sites is 1. The molecule has 0 radical (unpaired) electrons. The van der Waals surface area contributed by atoms with Gasteiger partial charge in [-0.3, -0.25) is 4.79 Å². The lowest BCUT2D eigenvalue weighted by Crippen LogP contribution is -2.40. The molecule has 1 aromatic rings. The fraction of sp³-hybridized carbons (Fsp3) is 0.500. The highest BCUT2D eigenvalue weighted by Crippen LogP contribution is 2.37. The molecule has 0 atom stereocenters. The van der Waals surface area contributed by atoms with Crippen LogP contribution in [0.2, 0.25) is 0 Å². The molecular weight excluding hydrogens is 288 g/mol. The van der Waals surface area contributed by atoms with Crippen molar-refractivity contribution in [2.45, 2.75) is 37.9 Å². The van der Waals surface area contributed by atoms with Gasteiger partial charge in [0.15, 0.2) is 0 Å². The Morgan fingerprint density at radius 1 is 1.19 bits per heavy atom. The lowest BCUT2D eigenvalue weighted by molar-refractivity contribution is -0.182. The van der Waals surface area contributed by atoms with Crippen LogP contribution in [0.25, 0.3) is 0 Å². The third-order valence-corrected chi connectivity index (χ3v) is 3.82. The minimum atomic E-state index is -4.18. The minimum Gasteiger partial charge on any atom is -0.396 e. The summed E-state index contributed by atoms with van der Waals surface area (Å²) in [5.74, 6) is -2.55. The van der Waals surface area contributed by atoms with Crippen LogP contribution in [0.1, 0.15) is 36.0 Å². The SMILES string of the molecule is Nc1c(F)cccc1C(=O)NC1CCC(C(F)(F)F)CC1. The third kappa shape index (κ3) is 3.65. The molecule has 1 amide bonds. The summed E-state index contributed by atoms with van der Waals surface area (Å²) in [4.78, 5) is 12.0. The Labute approximate surface area is 119 Å². The summed E-state index contributed by atoms with van der Waals surface area (Å²) in [7, 11) is 0. The molecule has 0 saturated heterocycles. The maximum absolute atomic E-state index is 13.3. The van der Waals surface area contributed by atoms with E-state index in [2.05, 4.69) is 5.32 Å². The number of benzene rings is 1. The zero-order chi connectivity index (χ0) is 15.6. The molecule has 1 aliphatic rings. The number of hydrogen-bond donors (Lipinski definition) is 2. The molecule has 0 bridgehead atoms. The first-order chi connectivity index (χ1) is 9.79. The second-order valence-electron chi connectivity index (χ2n) is 5.26. The zero-order valence-electron chi connectivity index (χ0n) is 11.2. The van der Waals surface area contributed by atoms with Gasteiger partial charge in [-0.05, 0) is 37.8 Å². The summed E-state index contributed by atoms with van der Waals surface area (Å²) in [6.45, 7) is 0. The molecule has 0 aromatic heterocycles. The maximum Gasteiger partial charge on any atom is 0.391 e. The van der Waals surface area contributed by atoms with Gasteiger partial charge in [0.25, 0.3) is 5.91 Å². The van der Waals surface area contributed by atoms with Crippen molar-refractivity contribution >= 4 is 11.6 Å². The highest BCUT2D eigenvalue weighted by Gasteiger charge is 2.41. The van der Waals surface area contributed by atoms with Crippen molar-refractivity contribution < 1.29 is 22.4 Å². The minimum absolute atomic E-state index is 0.00687. The van der Waals surface area contributed by atoms with Crippen LogP contribution >= 0.6 is 0 Å². The van der Waals surface area contributed by atoms with Gasteiger partial charge in [-0.25, -0.2) is 4.39 Å².